The molecule has 0 aliphatic carbocycles. The highest BCUT2D eigenvalue weighted by molar-refractivity contribution is 6.23. The van der Waals surface area contributed by atoms with Gasteiger partial charge in [-0.2, -0.15) is 0 Å². The molecular formula is C18H21ClN4O4. The average Bonchev–Trinajstić information content (AvgIpc) is 2.86. The highest BCUT2D eigenvalue weighted by atomic mass is 35.5. The SMILES string of the molecule is C[C@H]1CN(c2ccc3c(c2)C(=O)N(C2CCC(=O)NC2=O)C3=O)CCN1.Cl. The first-order chi connectivity index (χ1) is 12.5. The van der Waals surface area contributed by atoms with E-state index in [1.54, 1.807) is 12.1 Å². The maximum absolute atomic E-state index is 12.8. The fourth-order valence-corrected chi connectivity index (χ4v) is 3.82. The van der Waals surface area contributed by atoms with Gasteiger partial charge in [0.15, 0.2) is 0 Å². The Morgan fingerprint density at radius 2 is 1.81 bits per heavy atom. The van der Waals surface area contributed by atoms with Gasteiger partial charge in [0.1, 0.15) is 6.04 Å². The van der Waals surface area contributed by atoms with Crippen LogP contribution in [0.5, 0.6) is 0 Å². The van der Waals surface area contributed by atoms with E-state index in [2.05, 4.69) is 22.5 Å². The van der Waals surface area contributed by atoms with Crippen LogP contribution in [0.4, 0.5) is 5.69 Å². The van der Waals surface area contributed by atoms with E-state index in [4.69, 9.17) is 0 Å². The summed E-state index contributed by atoms with van der Waals surface area (Å²) in [4.78, 5) is 52.1. The van der Waals surface area contributed by atoms with E-state index >= 15 is 0 Å². The highest BCUT2D eigenvalue weighted by Gasteiger charge is 2.44. The van der Waals surface area contributed by atoms with E-state index in [1.165, 1.54) is 0 Å². The van der Waals surface area contributed by atoms with Gasteiger partial charge in [0.2, 0.25) is 11.8 Å². The van der Waals surface area contributed by atoms with Crippen LogP contribution in [0.2, 0.25) is 0 Å². The molecule has 3 aliphatic heterocycles. The zero-order chi connectivity index (χ0) is 18.4. The van der Waals surface area contributed by atoms with Gasteiger partial charge in [0.25, 0.3) is 11.8 Å². The van der Waals surface area contributed by atoms with Crippen molar-refractivity contribution in [1.29, 1.82) is 0 Å². The Kier molecular flexibility index (Phi) is 5.21. The molecule has 4 amide bonds. The molecule has 3 aliphatic rings. The van der Waals surface area contributed by atoms with Crippen LogP contribution in [0.15, 0.2) is 18.2 Å². The summed E-state index contributed by atoms with van der Waals surface area (Å²) in [6.45, 7) is 4.59. The van der Waals surface area contributed by atoms with Gasteiger partial charge in [-0.1, -0.05) is 0 Å². The van der Waals surface area contributed by atoms with Gasteiger partial charge in [0, 0.05) is 37.8 Å². The lowest BCUT2D eigenvalue weighted by Crippen LogP contribution is -2.54. The summed E-state index contributed by atoms with van der Waals surface area (Å²) in [6, 6.07) is 4.65. The number of benzene rings is 1. The highest BCUT2D eigenvalue weighted by Crippen LogP contribution is 2.30. The smallest absolute Gasteiger partial charge is 0.262 e. The van der Waals surface area contributed by atoms with Gasteiger partial charge >= 0.3 is 0 Å². The fourth-order valence-electron chi connectivity index (χ4n) is 3.82. The number of nitrogens with one attached hydrogen (secondary N) is 2. The van der Waals surface area contributed by atoms with Crippen molar-refractivity contribution in [3.05, 3.63) is 29.3 Å². The molecule has 4 rings (SSSR count). The second-order valence-corrected chi connectivity index (χ2v) is 6.98. The number of piperazine rings is 1. The maximum atomic E-state index is 12.8. The van der Waals surface area contributed by atoms with Crippen molar-refractivity contribution in [2.24, 2.45) is 0 Å². The summed E-state index contributed by atoms with van der Waals surface area (Å²) >= 11 is 0. The van der Waals surface area contributed by atoms with E-state index in [0.717, 1.165) is 30.2 Å². The first kappa shape index (κ1) is 19.3. The number of amides is 4. The minimum Gasteiger partial charge on any atom is -0.369 e. The van der Waals surface area contributed by atoms with Crippen LogP contribution in [0.1, 0.15) is 40.5 Å². The van der Waals surface area contributed by atoms with Crippen LogP contribution in [0, 0.1) is 0 Å². The first-order valence-electron chi connectivity index (χ1n) is 8.79. The quantitative estimate of drug-likeness (QED) is 0.703. The molecule has 27 heavy (non-hydrogen) atoms. The van der Waals surface area contributed by atoms with E-state index in [1.807, 2.05) is 6.07 Å². The molecule has 3 heterocycles. The second-order valence-electron chi connectivity index (χ2n) is 6.98. The Morgan fingerprint density at radius 3 is 2.52 bits per heavy atom. The van der Waals surface area contributed by atoms with Gasteiger partial charge < -0.3 is 10.2 Å². The van der Waals surface area contributed by atoms with Crippen molar-refractivity contribution >= 4 is 41.7 Å². The summed E-state index contributed by atoms with van der Waals surface area (Å²) in [5, 5.41) is 5.57. The molecule has 0 bridgehead atoms. The van der Waals surface area contributed by atoms with Gasteiger partial charge in [0.05, 0.1) is 11.1 Å². The molecule has 0 aromatic heterocycles. The number of halogens is 1. The van der Waals surface area contributed by atoms with Crippen LogP contribution in [-0.2, 0) is 9.59 Å². The molecule has 0 saturated carbocycles. The number of rotatable bonds is 2. The summed E-state index contributed by atoms with van der Waals surface area (Å²) in [5.74, 6) is -1.91. The van der Waals surface area contributed by atoms with Crippen LogP contribution >= 0.6 is 12.4 Å². The van der Waals surface area contributed by atoms with Crippen molar-refractivity contribution < 1.29 is 19.2 Å². The van der Waals surface area contributed by atoms with E-state index in [-0.39, 0.29) is 31.2 Å². The number of anilines is 1. The molecule has 8 nitrogen and oxygen atoms in total. The monoisotopic (exact) mass is 392 g/mol. The average molecular weight is 393 g/mol. The zero-order valence-corrected chi connectivity index (χ0v) is 15.7. The van der Waals surface area contributed by atoms with Crippen molar-refractivity contribution in [2.75, 3.05) is 24.5 Å². The Hall–Kier alpha value is -2.45. The molecule has 1 aromatic carbocycles. The lowest BCUT2D eigenvalue weighted by Gasteiger charge is -2.33. The standard InChI is InChI=1S/C18H20N4O4.ClH/c1-10-9-21(7-6-19-10)11-2-3-12-13(8-11)18(26)22(17(12)25)14-4-5-15(23)20-16(14)24;/h2-3,8,10,14,19H,4-7,9H2,1H3,(H,20,23,24);1H/t10-,14?;/m0./s1. The third kappa shape index (κ3) is 3.30. The number of carbonyl (C=O) groups excluding carboxylic acids is 4. The molecule has 2 fully saturated rings. The van der Waals surface area contributed by atoms with Crippen LogP contribution in [0.25, 0.3) is 0 Å². The molecule has 2 atom stereocenters. The lowest BCUT2D eigenvalue weighted by molar-refractivity contribution is -0.136. The Labute approximate surface area is 162 Å². The Bertz CT molecular complexity index is 828. The predicted molar refractivity (Wildman–Crippen MR) is 100 cm³/mol. The fraction of sp³-hybridized carbons (Fsp3) is 0.444. The third-order valence-electron chi connectivity index (χ3n) is 5.16. The number of carbonyl (C=O) groups is 4. The van der Waals surface area contributed by atoms with E-state index in [9.17, 15) is 19.2 Å². The summed E-state index contributed by atoms with van der Waals surface area (Å²) in [5.41, 5.74) is 1.53. The first-order valence-corrected chi connectivity index (χ1v) is 8.79. The number of fused-ring (bicyclic) bond motifs is 1. The number of piperidine rings is 1. The number of hydrogen-bond donors (Lipinski definition) is 2. The largest absolute Gasteiger partial charge is 0.369 e. The topological polar surface area (TPSA) is 98.8 Å². The Morgan fingerprint density at radius 1 is 1.07 bits per heavy atom. The molecule has 144 valence electrons. The molecule has 2 N–H and O–H groups in total. The minimum absolute atomic E-state index is 0. The van der Waals surface area contributed by atoms with E-state index in [0.29, 0.717) is 17.2 Å². The molecule has 9 heteroatoms. The van der Waals surface area contributed by atoms with Crippen molar-refractivity contribution in [1.82, 2.24) is 15.5 Å². The molecule has 1 aromatic rings. The van der Waals surface area contributed by atoms with Gasteiger partial charge in [-0.25, -0.2) is 0 Å². The normalized spacial score (nSPS) is 25.2. The summed E-state index contributed by atoms with van der Waals surface area (Å²) in [6.07, 6.45) is 0.284. The van der Waals surface area contributed by atoms with Crippen LogP contribution < -0.4 is 15.5 Å². The summed E-state index contributed by atoms with van der Waals surface area (Å²) < 4.78 is 0. The van der Waals surface area contributed by atoms with E-state index < -0.39 is 23.8 Å². The predicted octanol–water partition coefficient (Wildman–Crippen LogP) is 0.308. The third-order valence-corrected chi connectivity index (χ3v) is 5.16. The van der Waals surface area contributed by atoms with Gasteiger partial charge in [-0.3, -0.25) is 29.4 Å². The second kappa shape index (κ2) is 7.28. The summed E-state index contributed by atoms with van der Waals surface area (Å²) in [7, 11) is 0. The molecule has 1 unspecified atom stereocenters. The molecule has 0 spiro atoms. The minimum atomic E-state index is -0.928. The molecular weight excluding hydrogens is 372 g/mol. The zero-order valence-electron chi connectivity index (χ0n) is 14.9. The number of nitrogens with zero attached hydrogens (tertiary/aromatic N) is 2. The van der Waals surface area contributed by atoms with Crippen LogP contribution in [0.3, 0.4) is 0 Å². The van der Waals surface area contributed by atoms with Crippen molar-refractivity contribution in [3.8, 4) is 0 Å². The molecule has 0 radical (unpaired) electrons. The van der Waals surface area contributed by atoms with Gasteiger partial charge in [-0.05, 0) is 31.5 Å². The lowest BCUT2D eigenvalue weighted by atomic mass is 10.0. The maximum Gasteiger partial charge on any atom is 0.262 e. The number of imide groups is 2. The van der Waals surface area contributed by atoms with Crippen LogP contribution in [-0.4, -0.2) is 60.2 Å². The van der Waals surface area contributed by atoms with Gasteiger partial charge in [-0.15, -0.1) is 12.4 Å². The Balaban J connectivity index is 0.00000210. The van der Waals surface area contributed by atoms with Crippen molar-refractivity contribution in [3.63, 3.8) is 0 Å². The van der Waals surface area contributed by atoms with Crippen molar-refractivity contribution in [2.45, 2.75) is 31.8 Å². The molecule has 2 saturated heterocycles. The number of hydrogen-bond acceptors (Lipinski definition) is 6.